The molecule has 0 heterocycles. The van der Waals surface area contributed by atoms with Gasteiger partial charge in [-0.15, -0.1) is 0 Å². The first kappa shape index (κ1) is 8.62. The van der Waals surface area contributed by atoms with Gasteiger partial charge in [0.25, 0.3) is 0 Å². The molecular formula is C7H7BrN2S. The number of nitrogens with zero attached hydrogens (tertiary/aromatic N) is 1. The number of hydrogen-bond donors (Lipinski definition) is 1. The molecule has 11 heavy (non-hydrogen) atoms. The van der Waals surface area contributed by atoms with Crippen molar-refractivity contribution in [2.24, 2.45) is 10.9 Å². The second-order valence-corrected chi connectivity index (χ2v) is 3.66. The van der Waals surface area contributed by atoms with Crippen molar-refractivity contribution in [3.8, 4) is 0 Å². The summed E-state index contributed by atoms with van der Waals surface area (Å²) in [5, 5.41) is 3.38. The first-order valence-electron chi connectivity index (χ1n) is 2.97. The van der Waals surface area contributed by atoms with Crippen molar-refractivity contribution in [2.75, 3.05) is 0 Å². The second-order valence-electron chi connectivity index (χ2n) is 1.83. The third kappa shape index (κ3) is 2.95. The Morgan fingerprint density at radius 1 is 1.55 bits per heavy atom. The fourth-order valence-corrected chi connectivity index (χ4v) is 1.72. The van der Waals surface area contributed by atoms with Crippen LogP contribution in [-0.4, -0.2) is 5.55 Å². The van der Waals surface area contributed by atoms with E-state index in [-0.39, 0.29) is 0 Å². The molecule has 0 fully saturated rings. The lowest BCUT2D eigenvalue weighted by Gasteiger charge is -1.94. The van der Waals surface area contributed by atoms with Gasteiger partial charge in [0.05, 0.1) is 5.55 Å². The van der Waals surface area contributed by atoms with Gasteiger partial charge in [-0.05, 0) is 18.2 Å². The van der Waals surface area contributed by atoms with E-state index in [1.807, 2.05) is 24.3 Å². The Bertz CT molecular complexity index is 262. The topological polar surface area (TPSA) is 38.4 Å². The highest BCUT2D eigenvalue weighted by Gasteiger charge is 1.90. The van der Waals surface area contributed by atoms with Crippen LogP contribution in [0.15, 0.2) is 38.7 Å². The fourth-order valence-electron chi connectivity index (χ4n) is 0.632. The van der Waals surface area contributed by atoms with E-state index in [0.717, 1.165) is 9.37 Å². The molecule has 0 amide bonds. The van der Waals surface area contributed by atoms with Crippen molar-refractivity contribution in [3.63, 3.8) is 0 Å². The molecule has 0 saturated carbocycles. The van der Waals surface area contributed by atoms with E-state index in [1.165, 1.54) is 11.8 Å². The van der Waals surface area contributed by atoms with Gasteiger partial charge in [0.2, 0.25) is 0 Å². The fraction of sp³-hybridized carbons (Fsp3) is 0. The minimum Gasteiger partial charge on any atom is -0.323 e. The van der Waals surface area contributed by atoms with Crippen LogP contribution in [0.25, 0.3) is 0 Å². The monoisotopic (exact) mass is 230 g/mol. The molecule has 0 saturated heterocycles. The number of rotatable bonds is 2. The molecule has 1 aromatic carbocycles. The van der Waals surface area contributed by atoms with E-state index >= 15 is 0 Å². The van der Waals surface area contributed by atoms with E-state index in [1.54, 1.807) is 5.55 Å². The Balaban J connectivity index is 2.71. The zero-order valence-electron chi connectivity index (χ0n) is 5.70. The van der Waals surface area contributed by atoms with Gasteiger partial charge in [0, 0.05) is 9.37 Å². The van der Waals surface area contributed by atoms with Crippen LogP contribution in [0, 0.1) is 0 Å². The maximum Gasteiger partial charge on any atom is 0.0842 e. The third-order valence-electron chi connectivity index (χ3n) is 1.05. The first-order chi connectivity index (χ1) is 5.33. The first-order valence-corrected chi connectivity index (χ1v) is 4.64. The molecule has 0 aliphatic heterocycles. The number of hydrazone groups is 1. The predicted molar refractivity (Wildman–Crippen MR) is 52.7 cm³/mol. The second kappa shape index (κ2) is 4.41. The largest absolute Gasteiger partial charge is 0.323 e. The van der Waals surface area contributed by atoms with Crippen molar-refractivity contribution in [3.05, 3.63) is 28.7 Å². The van der Waals surface area contributed by atoms with Crippen LogP contribution in [0.5, 0.6) is 0 Å². The highest BCUT2D eigenvalue weighted by Crippen LogP contribution is 2.19. The molecule has 58 valence electrons. The van der Waals surface area contributed by atoms with Crippen LogP contribution < -0.4 is 5.84 Å². The molecule has 0 spiro atoms. The molecule has 0 bridgehead atoms. The van der Waals surface area contributed by atoms with E-state index in [2.05, 4.69) is 21.0 Å². The van der Waals surface area contributed by atoms with Crippen LogP contribution >= 0.6 is 27.7 Å². The highest BCUT2D eigenvalue weighted by molar-refractivity contribution is 9.10. The molecule has 0 atom stereocenters. The lowest BCUT2D eigenvalue weighted by Crippen LogP contribution is -1.78. The molecule has 1 aromatic rings. The Labute approximate surface area is 78.0 Å². The Morgan fingerprint density at radius 2 is 2.36 bits per heavy atom. The number of hydrogen-bond acceptors (Lipinski definition) is 3. The summed E-state index contributed by atoms with van der Waals surface area (Å²) in [6.45, 7) is 0. The standard InChI is InChI=1S/C7H7BrN2S/c8-6-2-1-3-7(4-6)11-5-10-9/h1-5H,9H2/b10-5+. The molecule has 0 unspecified atom stereocenters. The zero-order chi connectivity index (χ0) is 8.10. The molecule has 2 N–H and O–H groups in total. The summed E-state index contributed by atoms with van der Waals surface area (Å²) in [6.07, 6.45) is 0. The summed E-state index contributed by atoms with van der Waals surface area (Å²) >= 11 is 4.85. The van der Waals surface area contributed by atoms with E-state index < -0.39 is 0 Å². The van der Waals surface area contributed by atoms with Gasteiger partial charge in [0.1, 0.15) is 0 Å². The van der Waals surface area contributed by atoms with Gasteiger partial charge in [0.15, 0.2) is 0 Å². The van der Waals surface area contributed by atoms with E-state index in [9.17, 15) is 0 Å². The Morgan fingerprint density at radius 3 is 3.00 bits per heavy atom. The summed E-state index contributed by atoms with van der Waals surface area (Å²) < 4.78 is 1.06. The SMILES string of the molecule is N/N=C/Sc1cccc(Br)c1. The Kier molecular flexibility index (Phi) is 3.45. The quantitative estimate of drug-likeness (QED) is 0.279. The van der Waals surface area contributed by atoms with Crippen LogP contribution in [-0.2, 0) is 0 Å². The van der Waals surface area contributed by atoms with Crippen molar-refractivity contribution in [1.29, 1.82) is 0 Å². The normalized spacial score (nSPS) is 10.6. The molecular weight excluding hydrogens is 224 g/mol. The van der Waals surface area contributed by atoms with Crippen LogP contribution in [0.2, 0.25) is 0 Å². The zero-order valence-corrected chi connectivity index (χ0v) is 8.10. The van der Waals surface area contributed by atoms with Crippen LogP contribution in [0.3, 0.4) is 0 Å². The van der Waals surface area contributed by atoms with Gasteiger partial charge in [-0.3, -0.25) is 0 Å². The molecule has 0 aliphatic carbocycles. The minimum absolute atomic E-state index is 1.06. The lowest BCUT2D eigenvalue weighted by atomic mass is 10.4. The van der Waals surface area contributed by atoms with Gasteiger partial charge in [-0.25, -0.2) is 0 Å². The number of nitrogens with two attached hydrogens (primary N) is 1. The van der Waals surface area contributed by atoms with E-state index in [4.69, 9.17) is 5.84 Å². The molecule has 1 rings (SSSR count). The van der Waals surface area contributed by atoms with Crippen molar-refractivity contribution in [1.82, 2.24) is 0 Å². The number of thioether (sulfide) groups is 1. The summed E-state index contributed by atoms with van der Waals surface area (Å²) in [4.78, 5) is 1.12. The van der Waals surface area contributed by atoms with Crippen molar-refractivity contribution >= 4 is 33.2 Å². The van der Waals surface area contributed by atoms with Gasteiger partial charge < -0.3 is 5.84 Å². The molecule has 0 radical (unpaired) electrons. The highest BCUT2D eigenvalue weighted by atomic mass is 79.9. The Hall–Kier alpha value is -0.480. The molecule has 2 nitrogen and oxygen atoms in total. The van der Waals surface area contributed by atoms with Crippen LogP contribution in [0.1, 0.15) is 0 Å². The van der Waals surface area contributed by atoms with Crippen molar-refractivity contribution in [2.45, 2.75) is 4.90 Å². The summed E-state index contributed by atoms with van der Waals surface area (Å²) in [6, 6.07) is 7.95. The van der Waals surface area contributed by atoms with Gasteiger partial charge in [-0.1, -0.05) is 33.8 Å². The average molecular weight is 231 g/mol. The maximum absolute atomic E-state index is 4.95. The molecule has 0 aliphatic rings. The average Bonchev–Trinajstić information content (AvgIpc) is 2.01. The summed E-state index contributed by atoms with van der Waals surface area (Å²) in [5.74, 6) is 4.95. The lowest BCUT2D eigenvalue weighted by molar-refractivity contribution is 1.27. The minimum atomic E-state index is 1.06. The summed E-state index contributed by atoms with van der Waals surface area (Å²) in [7, 11) is 0. The summed E-state index contributed by atoms with van der Waals surface area (Å²) in [5.41, 5.74) is 1.60. The molecule has 4 heteroatoms. The van der Waals surface area contributed by atoms with Crippen LogP contribution in [0.4, 0.5) is 0 Å². The van der Waals surface area contributed by atoms with Gasteiger partial charge >= 0.3 is 0 Å². The van der Waals surface area contributed by atoms with Crippen molar-refractivity contribution < 1.29 is 0 Å². The van der Waals surface area contributed by atoms with E-state index in [0.29, 0.717) is 0 Å². The third-order valence-corrected chi connectivity index (χ3v) is 2.29. The molecule has 0 aromatic heterocycles. The van der Waals surface area contributed by atoms with Gasteiger partial charge in [-0.2, -0.15) is 5.10 Å². The maximum atomic E-state index is 4.95. The number of benzene rings is 1. The number of halogens is 1. The smallest absolute Gasteiger partial charge is 0.0842 e. The predicted octanol–water partition coefficient (Wildman–Crippen LogP) is 2.44.